The molecule has 4 fully saturated rings. The maximum atomic E-state index is 16.1. The highest BCUT2D eigenvalue weighted by Gasteiger charge is 2.50. The number of hydrogen-bond acceptors (Lipinski definition) is 11. The van der Waals surface area contributed by atoms with Crippen LogP contribution in [0.15, 0.2) is 53.6 Å². The quantitative estimate of drug-likeness (QED) is 0.155. The van der Waals surface area contributed by atoms with E-state index in [2.05, 4.69) is 20.1 Å². The van der Waals surface area contributed by atoms with Crippen LogP contribution in [-0.4, -0.2) is 106 Å². The largest absolute Gasteiger partial charge is 0.453 e. The Kier molecular flexibility index (Phi) is 11.6. The minimum atomic E-state index is -4.06. The van der Waals surface area contributed by atoms with Gasteiger partial charge < -0.3 is 9.47 Å². The van der Waals surface area contributed by atoms with Crippen molar-refractivity contribution in [2.24, 2.45) is 7.05 Å². The van der Waals surface area contributed by atoms with E-state index >= 15 is 17.6 Å². The third-order valence-corrected chi connectivity index (χ3v) is 15.1. The van der Waals surface area contributed by atoms with Crippen LogP contribution in [0.4, 0.5) is 33.9 Å². The van der Waals surface area contributed by atoms with E-state index in [1.165, 1.54) is 51.8 Å². The van der Waals surface area contributed by atoms with E-state index in [9.17, 15) is 28.1 Å². The number of hydrogen-bond donors (Lipinski definition) is 2. The van der Waals surface area contributed by atoms with Crippen LogP contribution in [-0.2, 0) is 26.8 Å². The van der Waals surface area contributed by atoms with Crippen molar-refractivity contribution >= 4 is 55.5 Å². The van der Waals surface area contributed by atoms with Crippen molar-refractivity contribution in [3.63, 3.8) is 0 Å². The Balaban J connectivity index is 0.857. The number of imide groups is 1. The van der Waals surface area contributed by atoms with Gasteiger partial charge in [-0.2, -0.15) is 23.1 Å². The number of nitrogens with one attached hydrogen (secondary N) is 2. The van der Waals surface area contributed by atoms with Gasteiger partial charge in [0.15, 0.2) is 17.4 Å². The molecule has 66 heavy (non-hydrogen) atoms. The first-order valence-electron chi connectivity index (χ1n) is 21.6. The summed E-state index contributed by atoms with van der Waals surface area (Å²) in [5.41, 5.74) is -0.992. The average molecular weight is 935 g/mol. The molecule has 1 aliphatic carbocycles. The molecule has 348 valence electrons. The van der Waals surface area contributed by atoms with Crippen LogP contribution in [0.25, 0.3) is 21.8 Å². The summed E-state index contributed by atoms with van der Waals surface area (Å²) in [6.45, 7) is 1.80. The van der Waals surface area contributed by atoms with E-state index in [0.717, 1.165) is 22.5 Å². The van der Waals surface area contributed by atoms with Gasteiger partial charge in [0.05, 0.1) is 59.1 Å². The highest BCUT2D eigenvalue weighted by Crippen LogP contribution is 2.48. The van der Waals surface area contributed by atoms with Crippen LogP contribution in [0.2, 0.25) is 0 Å². The molecule has 2 atom stereocenters. The molecule has 1 spiro atoms. The van der Waals surface area contributed by atoms with E-state index < -0.39 is 80.7 Å². The van der Waals surface area contributed by atoms with Crippen molar-refractivity contribution in [2.75, 3.05) is 49.5 Å². The molecule has 4 aliphatic rings. The number of amides is 3. The fourth-order valence-electron chi connectivity index (χ4n) is 9.81. The molecular formula is C44H46F4N10O7S. The lowest BCUT2D eigenvalue weighted by Crippen LogP contribution is -2.53. The Morgan fingerprint density at radius 1 is 1.03 bits per heavy atom. The summed E-state index contributed by atoms with van der Waals surface area (Å²) in [5, 5.41) is 16.9. The Morgan fingerprint density at radius 3 is 2.52 bits per heavy atom. The fourth-order valence-corrected chi connectivity index (χ4v) is 10.7. The molecular weight excluding hydrogens is 889 g/mol. The smallest absolute Gasteiger partial charge is 0.329 e. The first-order valence-corrected chi connectivity index (χ1v) is 23.0. The molecule has 1 saturated carbocycles. The fraction of sp³-hybridized carbons (Fsp3) is 0.455. The summed E-state index contributed by atoms with van der Waals surface area (Å²) >= 11 is 0. The highest BCUT2D eigenvalue weighted by molar-refractivity contribution is 7.90. The summed E-state index contributed by atoms with van der Waals surface area (Å²) in [5.74, 6) is -7.22. The second-order valence-corrected chi connectivity index (χ2v) is 19.2. The molecule has 3 aliphatic heterocycles. The lowest BCUT2D eigenvalue weighted by molar-refractivity contribution is -0.120. The summed E-state index contributed by atoms with van der Waals surface area (Å²) in [4.78, 5) is 45.7. The van der Waals surface area contributed by atoms with Gasteiger partial charge in [-0.25, -0.2) is 27.3 Å². The number of carbonyl (C=O) groups is 2. The zero-order valence-electron chi connectivity index (χ0n) is 36.2. The molecule has 3 aromatic carbocycles. The Hall–Kier alpha value is -6.15. The summed E-state index contributed by atoms with van der Waals surface area (Å²) in [7, 11) is -1.13. The summed E-state index contributed by atoms with van der Waals surface area (Å²) in [6.07, 6.45) is 4.27. The van der Waals surface area contributed by atoms with Gasteiger partial charge in [0.1, 0.15) is 23.2 Å². The average Bonchev–Trinajstić information content (AvgIpc) is 3.83. The van der Waals surface area contributed by atoms with Gasteiger partial charge >= 0.3 is 16.2 Å². The number of aromatic nitrogens is 4. The van der Waals surface area contributed by atoms with Crippen molar-refractivity contribution < 1.29 is 45.0 Å². The SMILES string of the molecule is CCN(C)S(=O)(=O)Nc1ccc(F)c(Oc2ccc3ncn([C@H]4COC5(CCC(N6CC[C@@H](c7cc8c(cc7F)c(N7CCC(=O)NC7=O)nn8C)C(F)(F)C6)CC5)C4)c(=O)c3c2)c1C#N. The number of nitrogens with zero attached hydrogens (tertiary/aromatic N) is 8. The second-order valence-electron chi connectivity index (χ2n) is 17.4. The topological polar surface area (TPSA) is 197 Å². The number of urea groups is 1. The van der Waals surface area contributed by atoms with Gasteiger partial charge in [0.2, 0.25) is 5.91 Å². The standard InChI is InChI=1S/C44H46F4N10O7S/c1-4-54(2)66(62,63)53-36-8-6-33(45)39(31(36)21-49)65-27-5-7-35-29(17-27)41(60)58(24-50-35)26-20-43(64-22-26)13-9-25(10-14-43)56-15-11-32(44(47,48)23-56)28-19-37-30(18-34(28)46)40(52-55(37)3)57-16-12-38(59)51-42(57)61/h5-8,17-19,24-26,32,53H,4,9-16,20,22-23H2,1-3H3,(H,51,59,61)/t25?,26-,32+,43?/m1/s1. The van der Waals surface area contributed by atoms with Crippen LogP contribution >= 0.6 is 0 Å². The Labute approximate surface area is 376 Å². The van der Waals surface area contributed by atoms with Gasteiger partial charge in [0, 0.05) is 45.0 Å². The zero-order chi connectivity index (χ0) is 46.9. The third kappa shape index (κ3) is 8.11. The molecule has 0 unspecified atom stereocenters. The number of fused-ring (bicyclic) bond motifs is 2. The van der Waals surface area contributed by atoms with Crippen LogP contribution in [0, 0.1) is 23.0 Å². The van der Waals surface area contributed by atoms with Gasteiger partial charge in [-0.1, -0.05) is 6.92 Å². The number of carbonyl (C=O) groups excluding carboxylic acids is 2. The lowest BCUT2D eigenvalue weighted by Gasteiger charge is -2.46. The number of ether oxygens (including phenoxy) is 2. The molecule has 2 N–H and O–H groups in total. The second kappa shape index (κ2) is 16.9. The van der Waals surface area contributed by atoms with Crippen molar-refractivity contribution in [1.82, 2.24) is 33.9 Å². The lowest BCUT2D eigenvalue weighted by atomic mass is 9.78. The maximum absolute atomic E-state index is 16.1. The maximum Gasteiger partial charge on any atom is 0.329 e. The van der Waals surface area contributed by atoms with E-state index in [1.807, 2.05) is 6.07 Å². The monoisotopic (exact) mass is 934 g/mol. The highest BCUT2D eigenvalue weighted by atomic mass is 32.2. The van der Waals surface area contributed by atoms with Crippen molar-refractivity contribution in [2.45, 2.75) is 81.4 Å². The first-order chi connectivity index (χ1) is 31.4. The molecule has 17 nitrogen and oxygen atoms in total. The number of anilines is 2. The molecule has 3 saturated heterocycles. The summed E-state index contributed by atoms with van der Waals surface area (Å²) in [6, 6.07) is 9.52. The van der Waals surface area contributed by atoms with Gasteiger partial charge in [0.25, 0.3) is 11.5 Å². The third-order valence-electron chi connectivity index (χ3n) is 13.5. The molecule has 22 heteroatoms. The first kappa shape index (κ1) is 45.0. The van der Waals surface area contributed by atoms with Gasteiger partial charge in [-0.15, -0.1) is 0 Å². The molecule has 5 aromatic rings. The minimum absolute atomic E-state index is 0.00548. The minimum Gasteiger partial charge on any atom is -0.453 e. The number of benzene rings is 3. The van der Waals surface area contributed by atoms with E-state index in [4.69, 9.17) is 9.47 Å². The predicted octanol–water partition coefficient (Wildman–Crippen LogP) is 6.05. The van der Waals surface area contributed by atoms with Crippen LogP contribution in [0.5, 0.6) is 11.5 Å². The Bertz CT molecular complexity index is 3010. The number of likely N-dealkylation sites (tertiary alicyclic amines) is 1. The number of aryl methyl sites for hydroxylation is 1. The van der Waals surface area contributed by atoms with Crippen LogP contribution in [0.3, 0.4) is 0 Å². The van der Waals surface area contributed by atoms with Crippen molar-refractivity contribution in [3.05, 3.63) is 81.9 Å². The van der Waals surface area contributed by atoms with Crippen LogP contribution in [0.1, 0.15) is 75.0 Å². The summed E-state index contributed by atoms with van der Waals surface area (Å²) < 4.78 is 107. The normalized spacial score (nSPS) is 23.7. The van der Waals surface area contributed by atoms with Gasteiger partial charge in [-0.05, 0) is 93.1 Å². The number of alkyl halides is 2. The van der Waals surface area contributed by atoms with Crippen molar-refractivity contribution in [3.8, 4) is 17.6 Å². The van der Waals surface area contributed by atoms with E-state index in [0.29, 0.717) is 49.7 Å². The van der Waals surface area contributed by atoms with E-state index in [-0.39, 0.29) is 72.2 Å². The Morgan fingerprint density at radius 2 is 1.80 bits per heavy atom. The van der Waals surface area contributed by atoms with Crippen molar-refractivity contribution in [1.29, 1.82) is 5.26 Å². The molecule has 3 amide bonds. The van der Waals surface area contributed by atoms with Crippen LogP contribution < -0.4 is 25.2 Å². The number of nitriles is 1. The number of halogens is 4. The predicted molar refractivity (Wildman–Crippen MR) is 233 cm³/mol. The number of piperidine rings is 1. The molecule has 5 heterocycles. The van der Waals surface area contributed by atoms with E-state index in [1.54, 1.807) is 18.9 Å². The van der Waals surface area contributed by atoms with Gasteiger partial charge in [-0.3, -0.25) is 38.7 Å². The molecule has 2 aromatic heterocycles. The molecule has 0 bridgehead atoms. The molecule has 9 rings (SSSR count). The number of rotatable bonds is 10. The molecule has 0 radical (unpaired) electrons. The zero-order valence-corrected chi connectivity index (χ0v) is 37.0.